The van der Waals surface area contributed by atoms with E-state index in [1.165, 1.54) is 0 Å². The van der Waals surface area contributed by atoms with E-state index in [2.05, 4.69) is 15.3 Å². The van der Waals surface area contributed by atoms with E-state index in [0.29, 0.717) is 16.6 Å². The molecule has 0 unspecified atom stereocenters. The molecule has 0 bridgehead atoms. The van der Waals surface area contributed by atoms with E-state index < -0.39 is 0 Å². The summed E-state index contributed by atoms with van der Waals surface area (Å²) in [5.41, 5.74) is 3.27. The smallest absolute Gasteiger partial charge is 0.323 e. The number of carbonyl (C=O) groups excluding carboxylic acids is 1. The summed E-state index contributed by atoms with van der Waals surface area (Å²) in [5.74, 6) is -0.221. The number of benzene rings is 2. The molecule has 0 radical (unpaired) electrons. The summed E-state index contributed by atoms with van der Waals surface area (Å²) in [7, 11) is 3.92. The SMILES string of the molecule is CN(C)c1ccc(NC(=O)c2ccc3[nH]c(=O)[nH]c3c2)cc1. The minimum atomic E-state index is -0.285. The molecular formula is C16H16N4O2. The molecule has 0 spiro atoms. The molecule has 3 N–H and O–H groups in total. The lowest BCUT2D eigenvalue weighted by molar-refractivity contribution is 0.102. The number of imidazole rings is 1. The van der Waals surface area contributed by atoms with Gasteiger partial charge in [-0.2, -0.15) is 0 Å². The molecule has 22 heavy (non-hydrogen) atoms. The molecule has 0 aliphatic rings. The van der Waals surface area contributed by atoms with E-state index in [1.54, 1.807) is 18.2 Å². The first-order chi connectivity index (χ1) is 10.5. The van der Waals surface area contributed by atoms with E-state index in [1.807, 2.05) is 43.3 Å². The molecule has 1 heterocycles. The van der Waals surface area contributed by atoms with Gasteiger partial charge in [-0.3, -0.25) is 4.79 Å². The van der Waals surface area contributed by atoms with Gasteiger partial charge >= 0.3 is 5.69 Å². The van der Waals surface area contributed by atoms with Crippen LogP contribution in [0.3, 0.4) is 0 Å². The molecule has 3 aromatic rings. The minimum absolute atomic E-state index is 0.221. The molecule has 0 fully saturated rings. The third kappa shape index (κ3) is 2.71. The number of carbonyl (C=O) groups is 1. The number of fused-ring (bicyclic) bond motifs is 1. The zero-order valence-corrected chi connectivity index (χ0v) is 12.3. The fourth-order valence-corrected chi connectivity index (χ4v) is 2.22. The van der Waals surface area contributed by atoms with Crippen molar-refractivity contribution in [2.24, 2.45) is 0 Å². The Morgan fingerprint density at radius 1 is 1.00 bits per heavy atom. The zero-order chi connectivity index (χ0) is 15.7. The lowest BCUT2D eigenvalue weighted by Crippen LogP contribution is -2.12. The van der Waals surface area contributed by atoms with Crippen LogP contribution in [0.25, 0.3) is 11.0 Å². The first kappa shape index (κ1) is 13.9. The number of hydrogen-bond acceptors (Lipinski definition) is 3. The number of hydrogen-bond donors (Lipinski definition) is 3. The summed E-state index contributed by atoms with van der Waals surface area (Å²) < 4.78 is 0. The van der Waals surface area contributed by atoms with Crippen LogP contribution in [0.1, 0.15) is 10.4 Å². The fourth-order valence-electron chi connectivity index (χ4n) is 2.22. The zero-order valence-electron chi connectivity index (χ0n) is 12.3. The van der Waals surface area contributed by atoms with Gasteiger partial charge in [0.25, 0.3) is 5.91 Å². The van der Waals surface area contributed by atoms with Crippen LogP contribution < -0.4 is 15.9 Å². The summed E-state index contributed by atoms with van der Waals surface area (Å²) in [6, 6.07) is 12.6. The maximum atomic E-state index is 12.3. The average molecular weight is 296 g/mol. The predicted molar refractivity (Wildman–Crippen MR) is 87.6 cm³/mol. The Bertz CT molecular complexity index is 875. The highest BCUT2D eigenvalue weighted by Crippen LogP contribution is 2.17. The highest BCUT2D eigenvalue weighted by molar-refractivity contribution is 6.05. The average Bonchev–Trinajstić information content (AvgIpc) is 2.86. The van der Waals surface area contributed by atoms with Gasteiger partial charge in [0.2, 0.25) is 0 Å². The third-order valence-electron chi connectivity index (χ3n) is 3.42. The van der Waals surface area contributed by atoms with E-state index in [9.17, 15) is 9.59 Å². The van der Waals surface area contributed by atoms with Gasteiger partial charge in [0, 0.05) is 31.0 Å². The second-order valence-electron chi connectivity index (χ2n) is 5.23. The summed E-state index contributed by atoms with van der Waals surface area (Å²) in [5, 5.41) is 2.84. The van der Waals surface area contributed by atoms with Crippen molar-refractivity contribution in [3.05, 3.63) is 58.5 Å². The molecule has 6 nitrogen and oxygen atoms in total. The number of H-pyrrole nitrogens is 2. The predicted octanol–water partition coefficient (Wildman–Crippen LogP) is 2.17. The standard InChI is InChI=1S/C16H16N4O2/c1-20(2)12-6-4-11(5-7-12)17-15(21)10-3-8-13-14(9-10)19-16(22)18-13/h3-9H,1-2H3,(H,17,21)(H2,18,19,22). The third-order valence-corrected chi connectivity index (χ3v) is 3.42. The largest absolute Gasteiger partial charge is 0.378 e. The Morgan fingerprint density at radius 2 is 1.68 bits per heavy atom. The number of nitrogens with one attached hydrogen (secondary N) is 3. The molecule has 0 atom stereocenters. The molecule has 0 saturated carbocycles. The molecule has 6 heteroatoms. The number of amides is 1. The molecule has 1 amide bonds. The van der Waals surface area contributed by atoms with E-state index in [4.69, 9.17) is 0 Å². The minimum Gasteiger partial charge on any atom is -0.378 e. The Kier molecular flexibility index (Phi) is 3.42. The van der Waals surface area contributed by atoms with Crippen LogP contribution in [-0.4, -0.2) is 30.0 Å². The van der Waals surface area contributed by atoms with Crippen molar-refractivity contribution in [1.82, 2.24) is 9.97 Å². The second kappa shape index (κ2) is 5.40. The van der Waals surface area contributed by atoms with Crippen molar-refractivity contribution in [3.63, 3.8) is 0 Å². The maximum Gasteiger partial charge on any atom is 0.323 e. The monoisotopic (exact) mass is 296 g/mol. The summed E-state index contributed by atoms with van der Waals surface area (Å²) >= 11 is 0. The van der Waals surface area contributed by atoms with Crippen LogP contribution in [0.15, 0.2) is 47.3 Å². The van der Waals surface area contributed by atoms with E-state index >= 15 is 0 Å². The van der Waals surface area contributed by atoms with Crippen molar-refractivity contribution in [2.75, 3.05) is 24.3 Å². The van der Waals surface area contributed by atoms with Crippen LogP contribution in [0.4, 0.5) is 11.4 Å². The Hall–Kier alpha value is -3.02. The normalized spacial score (nSPS) is 10.6. The van der Waals surface area contributed by atoms with Crippen molar-refractivity contribution >= 4 is 28.3 Å². The Labute approximate surface area is 126 Å². The highest BCUT2D eigenvalue weighted by atomic mass is 16.2. The number of aromatic nitrogens is 2. The van der Waals surface area contributed by atoms with Gasteiger partial charge in [-0.1, -0.05) is 0 Å². The second-order valence-corrected chi connectivity index (χ2v) is 5.23. The van der Waals surface area contributed by atoms with Crippen LogP contribution in [0.2, 0.25) is 0 Å². The van der Waals surface area contributed by atoms with Gasteiger partial charge in [-0.15, -0.1) is 0 Å². The topological polar surface area (TPSA) is 81.0 Å². The lowest BCUT2D eigenvalue weighted by Gasteiger charge is -2.13. The highest BCUT2D eigenvalue weighted by Gasteiger charge is 2.08. The first-order valence-corrected chi connectivity index (χ1v) is 6.84. The van der Waals surface area contributed by atoms with Crippen LogP contribution >= 0.6 is 0 Å². The Morgan fingerprint density at radius 3 is 2.36 bits per heavy atom. The molecule has 0 aliphatic carbocycles. The molecular weight excluding hydrogens is 280 g/mol. The van der Waals surface area contributed by atoms with Crippen LogP contribution in [0.5, 0.6) is 0 Å². The fraction of sp³-hybridized carbons (Fsp3) is 0.125. The first-order valence-electron chi connectivity index (χ1n) is 6.84. The summed E-state index contributed by atoms with van der Waals surface area (Å²) in [4.78, 5) is 30.8. The number of aromatic amines is 2. The molecule has 1 aromatic heterocycles. The van der Waals surface area contributed by atoms with Crippen molar-refractivity contribution in [1.29, 1.82) is 0 Å². The van der Waals surface area contributed by atoms with Crippen LogP contribution in [-0.2, 0) is 0 Å². The molecule has 0 aliphatic heterocycles. The van der Waals surface area contributed by atoms with Gasteiger partial charge in [-0.25, -0.2) is 4.79 Å². The van der Waals surface area contributed by atoms with Gasteiger partial charge < -0.3 is 20.2 Å². The molecule has 2 aromatic carbocycles. The van der Waals surface area contributed by atoms with E-state index in [0.717, 1.165) is 11.4 Å². The summed E-state index contributed by atoms with van der Waals surface area (Å²) in [6.45, 7) is 0. The molecule has 0 saturated heterocycles. The van der Waals surface area contributed by atoms with Gasteiger partial charge in [0.05, 0.1) is 11.0 Å². The molecule has 3 rings (SSSR count). The van der Waals surface area contributed by atoms with Gasteiger partial charge in [-0.05, 0) is 42.5 Å². The number of nitrogens with zero attached hydrogens (tertiary/aromatic N) is 1. The Balaban J connectivity index is 1.81. The quantitative estimate of drug-likeness (QED) is 0.693. The van der Waals surface area contributed by atoms with Crippen LogP contribution in [0, 0.1) is 0 Å². The van der Waals surface area contributed by atoms with E-state index in [-0.39, 0.29) is 11.6 Å². The van der Waals surface area contributed by atoms with Crippen molar-refractivity contribution in [2.45, 2.75) is 0 Å². The van der Waals surface area contributed by atoms with Crippen molar-refractivity contribution < 1.29 is 4.79 Å². The van der Waals surface area contributed by atoms with Crippen molar-refractivity contribution in [3.8, 4) is 0 Å². The van der Waals surface area contributed by atoms with Gasteiger partial charge in [0.15, 0.2) is 0 Å². The summed E-state index contributed by atoms with van der Waals surface area (Å²) in [6.07, 6.45) is 0. The maximum absolute atomic E-state index is 12.3. The number of anilines is 2. The van der Waals surface area contributed by atoms with Gasteiger partial charge in [0.1, 0.15) is 0 Å². The lowest BCUT2D eigenvalue weighted by atomic mass is 10.2. The number of rotatable bonds is 3. The molecule has 112 valence electrons.